The summed E-state index contributed by atoms with van der Waals surface area (Å²) in [6.45, 7) is 0.815. The number of nitrogens with one attached hydrogen (secondary N) is 2. The van der Waals surface area contributed by atoms with Crippen LogP contribution in [-0.2, 0) is 14.6 Å². The zero-order valence-corrected chi connectivity index (χ0v) is 17.5. The highest BCUT2D eigenvalue weighted by Gasteiger charge is 2.42. The van der Waals surface area contributed by atoms with Gasteiger partial charge in [0.25, 0.3) is 0 Å². The first-order chi connectivity index (χ1) is 10.2. The van der Waals surface area contributed by atoms with Crippen molar-refractivity contribution < 1.29 is 13.2 Å². The lowest BCUT2D eigenvalue weighted by Gasteiger charge is -2.31. The Bertz CT molecular complexity index is 514. The lowest BCUT2D eigenvalue weighted by atomic mass is 9.84. The monoisotopic (exact) mass is 460 g/mol. The van der Waals surface area contributed by atoms with Gasteiger partial charge in [0.05, 0.1) is 11.2 Å². The predicted molar refractivity (Wildman–Crippen MR) is 104 cm³/mol. The number of halogens is 1. The standard InChI is InChI=1S/C14H28N4O3S.HI/c1-15-13(16-9-10-22(4,20)21)17-11-14(7-5-6-8-14)12(19)18(2)3;/h5-11H2,1-4H3,(H2,15,16,17);1H. The van der Waals surface area contributed by atoms with E-state index < -0.39 is 9.84 Å². The third kappa shape index (κ3) is 7.23. The fourth-order valence-corrected chi connectivity index (χ4v) is 3.29. The number of carbonyl (C=O) groups excluding carboxylic acids is 1. The van der Waals surface area contributed by atoms with Crippen LogP contribution >= 0.6 is 24.0 Å². The van der Waals surface area contributed by atoms with Gasteiger partial charge in [0.1, 0.15) is 9.84 Å². The fourth-order valence-electron chi connectivity index (χ4n) is 2.82. The Hall–Kier alpha value is -0.580. The normalized spacial score (nSPS) is 17.3. The van der Waals surface area contributed by atoms with Gasteiger partial charge in [0.15, 0.2) is 5.96 Å². The van der Waals surface area contributed by atoms with Crippen LogP contribution in [0.25, 0.3) is 0 Å². The summed E-state index contributed by atoms with van der Waals surface area (Å²) in [6.07, 6.45) is 5.06. The summed E-state index contributed by atoms with van der Waals surface area (Å²) < 4.78 is 22.3. The second-order valence-electron chi connectivity index (χ2n) is 6.17. The SMILES string of the molecule is CN=C(NCCS(C)(=O)=O)NCC1(C(=O)N(C)C)CCCC1.I. The average molecular weight is 460 g/mol. The van der Waals surface area contributed by atoms with Crippen LogP contribution in [0, 0.1) is 5.41 Å². The van der Waals surface area contributed by atoms with Crippen molar-refractivity contribution in [2.75, 3.05) is 46.2 Å². The smallest absolute Gasteiger partial charge is 0.230 e. The Morgan fingerprint density at radius 3 is 2.22 bits per heavy atom. The first-order valence-electron chi connectivity index (χ1n) is 7.54. The molecule has 0 radical (unpaired) electrons. The maximum atomic E-state index is 12.5. The van der Waals surface area contributed by atoms with Crippen LogP contribution in [0.1, 0.15) is 25.7 Å². The van der Waals surface area contributed by atoms with Crippen LogP contribution in [0.2, 0.25) is 0 Å². The van der Waals surface area contributed by atoms with Crippen LogP contribution in [-0.4, -0.2) is 71.4 Å². The molecule has 0 aromatic rings. The minimum Gasteiger partial charge on any atom is -0.355 e. The van der Waals surface area contributed by atoms with Gasteiger partial charge in [-0.15, -0.1) is 24.0 Å². The van der Waals surface area contributed by atoms with Gasteiger partial charge in [-0.05, 0) is 12.8 Å². The second kappa shape index (κ2) is 9.65. The summed E-state index contributed by atoms with van der Waals surface area (Å²) in [4.78, 5) is 18.2. The molecule has 0 aromatic carbocycles. The number of aliphatic imine (C=N–C) groups is 1. The maximum Gasteiger partial charge on any atom is 0.230 e. The van der Waals surface area contributed by atoms with E-state index in [1.807, 2.05) is 0 Å². The number of guanidine groups is 1. The molecule has 7 nitrogen and oxygen atoms in total. The molecule has 0 aliphatic heterocycles. The van der Waals surface area contributed by atoms with Crippen molar-refractivity contribution in [1.29, 1.82) is 0 Å². The third-order valence-electron chi connectivity index (χ3n) is 4.00. The number of hydrogen-bond acceptors (Lipinski definition) is 4. The second-order valence-corrected chi connectivity index (χ2v) is 8.43. The van der Waals surface area contributed by atoms with Crippen molar-refractivity contribution >= 4 is 45.7 Å². The Morgan fingerprint density at radius 2 is 1.78 bits per heavy atom. The van der Waals surface area contributed by atoms with Crippen LogP contribution in [0.4, 0.5) is 0 Å². The van der Waals surface area contributed by atoms with Gasteiger partial charge >= 0.3 is 0 Å². The highest BCUT2D eigenvalue weighted by molar-refractivity contribution is 14.0. The van der Waals surface area contributed by atoms with Gasteiger partial charge in [-0.2, -0.15) is 0 Å². The zero-order chi connectivity index (χ0) is 16.8. The van der Waals surface area contributed by atoms with Crippen molar-refractivity contribution in [2.24, 2.45) is 10.4 Å². The summed E-state index contributed by atoms with van der Waals surface area (Å²) >= 11 is 0. The van der Waals surface area contributed by atoms with Gasteiger partial charge in [-0.25, -0.2) is 8.42 Å². The number of amides is 1. The predicted octanol–water partition coefficient (Wildman–Crippen LogP) is 0.463. The molecule has 1 fully saturated rings. The average Bonchev–Trinajstić information content (AvgIpc) is 2.90. The number of sulfone groups is 1. The molecule has 0 aromatic heterocycles. The van der Waals surface area contributed by atoms with Crippen molar-refractivity contribution in [3.05, 3.63) is 0 Å². The molecule has 0 saturated heterocycles. The van der Waals surface area contributed by atoms with E-state index in [9.17, 15) is 13.2 Å². The number of rotatable bonds is 6. The van der Waals surface area contributed by atoms with Gasteiger partial charge in [-0.1, -0.05) is 12.8 Å². The maximum absolute atomic E-state index is 12.5. The molecule has 1 saturated carbocycles. The first kappa shape index (κ1) is 22.4. The van der Waals surface area contributed by atoms with Crippen molar-refractivity contribution in [3.8, 4) is 0 Å². The van der Waals surface area contributed by atoms with E-state index in [0.29, 0.717) is 19.0 Å². The summed E-state index contributed by atoms with van der Waals surface area (Å²) in [7, 11) is 2.19. The van der Waals surface area contributed by atoms with Crippen molar-refractivity contribution in [2.45, 2.75) is 25.7 Å². The molecule has 0 unspecified atom stereocenters. The minimum absolute atomic E-state index is 0. The van der Waals surface area contributed by atoms with E-state index in [2.05, 4.69) is 15.6 Å². The largest absolute Gasteiger partial charge is 0.355 e. The molecule has 23 heavy (non-hydrogen) atoms. The summed E-state index contributed by atoms with van der Waals surface area (Å²) in [5, 5.41) is 6.14. The molecular formula is C14H29IN4O3S. The first-order valence-corrected chi connectivity index (χ1v) is 9.60. The van der Waals surface area contributed by atoms with E-state index in [4.69, 9.17) is 0 Å². The van der Waals surface area contributed by atoms with E-state index in [1.165, 1.54) is 6.26 Å². The number of hydrogen-bond donors (Lipinski definition) is 2. The molecule has 2 N–H and O–H groups in total. The van der Waals surface area contributed by atoms with Gasteiger partial charge in [0.2, 0.25) is 5.91 Å². The van der Waals surface area contributed by atoms with Crippen LogP contribution in [0.5, 0.6) is 0 Å². The molecule has 1 aliphatic rings. The lowest BCUT2D eigenvalue weighted by Crippen LogP contribution is -2.49. The van der Waals surface area contributed by atoms with Crippen LogP contribution in [0.3, 0.4) is 0 Å². The molecule has 1 rings (SSSR count). The number of carbonyl (C=O) groups is 1. The highest BCUT2D eigenvalue weighted by atomic mass is 127. The van der Waals surface area contributed by atoms with Gasteiger partial charge in [0, 0.05) is 40.5 Å². The summed E-state index contributed by atoms with van der Waals surface area (Å²) in [5.41, 5.74) is -0.377. The molecule has 0 bridgehead atoms. The Balaban J connectivity index is 0.00000484. The zero-order valence-electron chi connectivity index (χ0n) is 14.4. The summed E-state index contributed by atoms with van der Waals surface area (Å²) in [5.74, 6) is 0.723. The molecule has 1 aliphatic carbocycles. The lowest BCUT2D eigenvalue weighted by molar-refractivity contribution is -0.138. The molecule has 0 heterocycles. The Morgan fingerprint density at radius 1 is 1.22 bits per heavy atom. The summed E-state index contributed by atoms with van der Waals surface area (Å²) in [6, 6.07) is 0. The van der Waals surface area contributed by atoms with E-state index in [0.717, 1.165) is 25.7 Å². The van der Waals surface area contributed by atoms with Crippen molar-refractivity contribution in [3.63, 3.8) is 0 Å². The van der Waals surface area contributed by atoms with E-state index >= 15 is 0 Å². The van der Waals surface area contributed by atoms with Gasteiger partial charge < -0.3 is 15.5 Å². The Kier molecular flexibility index (Phi) is 9.41. The molecular weight excluding hydrogens is 431 g/mol. The highest BCUT2D eigenvalue weighted by Crippen LogP contribution is 2.38. The molecule has 1 amide bonds. The Labute approximate surface area is 156 Å². The van der Waals surface area contributed by atoms with E-state index in [-0.39, 0.29) is 41.1 Å². The molecule has 0 atom stereocenters. The molecule has 9 heteroatoms. The van der Waals surface area contributed by atoms with Crippen LogP contribution in [0.15, 0.2) is 4.99 Å². The topological polar surface area (TPSA) is 90.9 Å². The number of nitrogens with zero attached hydrogens (tertiary/aromatic N) is 2. The molecule has 0 spiro atoms. The third-order valence-corrected chi connectivity index (χ3v) is 4.95. The van der Waals surface area contributed by atoms with E-state index in [1.54, 1.807) is 26.0 Å². The molecule has 136 valence electrons. The quantitative estimate of drug-likeness (QED) is 0.342. The fraction of sp³-hybridized carbons (Fsp3) is 0.857. The minimum atomic E-state index is -3.00. The van der Waals surface area contributed by atoms with Crippen molar-refractivity contribution in [1.82, 2.24) is 15.5 Å². The van der Waals surface area contributed by atoms with Crippen LogP contribution < -0.4 is 10.6 Å². The van der Waals surface area contributed by atoms with Gasteiger partial charge in [-0.3, -0.25) is 9.79 Å².